The molecule has 1 aromatic rings. The van der Waals surface area contributed by atoms with Gasteiger partial charge in [-0.3, -0.25) is 0 Å². The van der Waals surface area contributed by atoms with Gasteiger partial charge >= 0.3 is 6.03 Å². The number of hydrogen-bond acceptors (Lipinski definition) is 1. The van der Waals surface area contributed by atoms with Crippen LogP contribution >= 0.6 is 15.9 Å². The predicted molar refractivity (Wildman–Crippen MR) is 70.7 cm³/mol. The summed E-state index contributed by atoms with van der Waals surface area (Å²) in [5, 5.41) is 5.67. The van der Waals surface area contributed by atoms with E-state index in [-0.39, 0.29) is 12.1 Å². The molecule has 88 valence electrons. The molecule has 1 aromatic carbocycles. The predicted octanol–water partition coefficient (Wildman–Crippen LogP) is 3.76. The Hall–Kier alpha value is -1.03. The van der Waals surface area contributed by atoms with Crippen molar-refractivity contribution in [2.75, 3.05) is 5.32 Å². The summed E-state index contributed by atoms with van der Waals surface area (Å²) in [7, 11) is 0. The topological polar surface area (TPSA) is 41.1 Å². The molecule has 0 bridgehead atoms. The molecule has 1 rings (SSSR count). The van der Waals surface area contributed by atoms with Crippen molar-refractivity contribution >= 4 is 27.6 Å². The molecule has 0 aliphatic rings. The quantitative estimate of drug-likeness (QED) is 0.869. The van der Waals surface area contributed by atoms with Gasteiger partial charge in [-0.05, 0) is 37.6 Å². The molecule has 2 N–H and O–H groups in total. The van der Waals surface area contributed by atoms with Crippen LogP contribution in [0.2, 0.25) is 0 Å². The highest BCUT2D eigenvalue weighted by atomic mass is 79.9. The van der Waals surface area contributed by atoms with Crippen LogP contribution in [-0.2, 0) is 0 Å². The fraction of sp³-hybridized carbons (Fsp3) is 0.417. The summed E-state index contributed by atoms with van der Waals surface area (Å²) >= 11 is 3.34. The lowest BCUT2D eigenvalue weighted by Gasteiger charge is -2.13. The molecule has 0 fully saturated rings. The molecule has 0 spiro atoms. The van der Waals surface area contributed by atoms with Gasteiger partial charge in [0.05, 0.1) is 0 Å². The molecule has 0 unspecified atom stereocenters. The van der Waals surface area contributed by atoms with Crippen LogP contribution in [0.5, 0.6) is 0 Å². The minimum absolute atomic E-state index is 0.150. The molecule has 1 atom stereocenters. The number of rotatable bonds is 4. The van der Waals surface area contributed by atoms with E-state index in [2.05, 4.69) is 33.5 Å². The first-order valence-electron chi connectivity index (χ1n) is 5.45. The third-order valence-corrected chi connectivity index (χ3v) is 2.73. The maximum absolute atomic E-state index is 11.5. The molecule has 2 amide bonds. The second-order valence-corrected chi connectivity index (χ2v) is 4.71. The van der Waals surface area contributed by atoms with Crippen molar-refractivity contribution in [3.05, 3.63) is 28.7 Å². The molecule has 0 aromatic heterocycles. The van der Waals surface area contributed by atoms with E-state index in [0.29, 0.717) is 0 Å². The van der Waals surface area contributed by atoms with Crippen molar-refractivity contribution < 1.29 is 4.79 Å². The average Bonchev–Trinajstić information content (AvgIpc) is 2.21. The fourth-order valence-electron chi connectivity index (χ4n) is 1.43. The highest BCUT2D eigenvalue weighted by Crippen LogP contribution is 2.13. The minimum Gasteiger partial charge on any atom is -0.335 e. The van der Waals surface area contributed by atoms with Crippen LogP contribution in [0.3, 0.4) is 0 Å². The molecule has 0 aliphatic heterocycles. The first-order chi connectivity index (χ1) is 7.61. The van der Waals surface area contributed by atoms with Gasteiger partial charge in [-0.1, -0.05) is 29.3 Å². The molecule has 0 aliphatic carbocycles. The van der Waals surface area contributed by atoms with E-state index in [9.17, 15) is 4.79 Å². The van der Waals surface area contributed by atoms with Crippen molar-refractivity contribution in [2.45, 2.75) is 32.7 Å². The number of carbonyl (C=O) groups excluding carboxylic acids is 1. The Morgan fingerprint density at radius 1 is 1.38 bits per heavy atom. The zero-order chi connectivity index (χ0) is 12.0. The van der Waals surface area contributed by atoms with Gasteiger partial charge in [-0.2, -0.15) is 0 Å². The fourth-order valence-corrected chi connectivity index (χ4v) is 1.69. The van der Waals surface area contributed by atoms with Crippen molar-refractivity contribution in [1.82, 2.24) is 5.32 Å². The number of amides is 2. The normalized spacial score (nSPS) is 11.9. The largest absolute Gasteiger partial charge is 0.335 e. The Bertz CT molecular complexity index is 337. The second kappa shape index (κ2) is 6.53. The lowest BCUT2D eigenvalue weighted by atomic mass is 10.2. The van der Waals surface area contributed by atoms with Crippen LogP contribution in [0.25, 0.3) is 0 Å². The molecule has 4 heteroatoms. The van der Waals surface area contributed by atoms with Crippen LogP contribution in [0, 0.1) is 0 Å². The number of halogens is 1. The van der Waals surface area contributed by atoms with E-state index in [0.717, 1.165) is 23.0 Å². The standard InChI is InChI=1S/C12H17BrN2O/c1-3-4-9(2)14-12(16)15-11-7-5-10(13)6-8-11/h5-9H,3-4H2,1-2H3,(H2,14,15,16)/t9-/m0/s1. The molecule has 16 heavy (non-hydrogen) atoms. The number of nitrogens with one attached hydrogen (secondary N) is 2. The van der Waals surface area contributed by atoms with Gasteiger partial charge in [0, 0.05) is 16.2 Å². The molecule has 0 radical (unpaired) electrons. The monoisotopic (exact) mass is 284 g/mol. The molecular weight excluding hydrogens is 268 g/mol. The van der Waals surface area contributed by atoms with Crippen LogP contribution < -0.4 is 10.6 Å². The summed E-state index contributed by atoms with van der Waals surface area (Å²) < 4.78 is 0.998. The maximum atomic E-state index is 11.5. The lowest BCUT2D eigenvalue weighted by molar-refractivity contribution is 0.248. The molecule has 3 nitrogen and oxygen atoms in total. The van der Waals surface area contributed by atoms with Gasteiger partial charge in [0.15, 0.2) is 0 Å². The van der Waals surface area contributed by atoms with Crippen LogP contribution in [0.4, 0.5) is 10.5 Å². The van der Waals surface area contributed by atoms with Gasteiger partial charge in [0.2, 0.25) is 0 Å². The van der Waals surface area contributed by atoms with Gasteiger partial charge < -0.3 is 10.6 Å². The van der Waals surface area contributed by atoms with E-state index in [1.807, 2.05) is 31.2 Å². The van der Waals surface area contributed by atoms with E-state index < -0.39 is 0 Å². The Labute approximate surface area is 105 Å². The van der Waals surface area contributed by atoms with Gasteiger partial charge in [-0.25, -0.2) is 4.79 Å². The molecule has 0 saturated heterocycles. The smallest absolute Gasteiger partial charge is 0.319 e. The van der Waals surface area contributed by atoms with Crippen LogP contribution in [0.1, 0.15) is 26.7 Å². The maximum Gasteiger partial charge on any atom is 0.319 e. The Morgan fingerprint density at radius 3 is 2.56 bits per heavy atom. The van der Waals surface area contributed by atoms with Crippen LogP contribution in [0.15, 0.2) is 28.7 Å². The third kappa shape index (κ3) is 4.66. The first-order valence-corrected chi connectivity index (χ1v) is 6.24. The Kier molecular flexibility index (Phi) is 5.32. The molecular formula is C12H17BrN2O. The zero-order valence-electron chi connectivity index (χ0n) is 9.59. The van der Waals surface area contributed by atoms with E-state index >= 15 is 0 Å². The summed E-state index contributed by atoms with van der Waals surface area (Å²) in [4.78, 5) is 11.5. The highest BCUT2D eigenvalue weighted by molar-refractivity contribution is 9.10. The summed E-state index contributed by atoms with van der Waals surface area (Å²) in [5.74, 6) is 0. The van der Waals surface area contributed by atoms with Gasteiger partial charge in [0.1, 0.15) is 0 Å². The van der Waals surface area contributed by atoms with Crippen molar-refractivity contribution in [1.29, 1.82) is 0 Å². The number of anilines is 1. The van der Waals surface area contributed by atoms with Gasteiger partial charge in [-0.15, -0.1) is 0 Å². The van der Waals surface area contributed by atoms with Crippen LogP contribution in [-0.4, -0.2) is 12.1 Å². The van der Waals surface area contributed by atoms with E-state index in [1.54, 1.807) is 0 Å². The first kappa shape index (κ1) is 13.0. The van der Waals surface area contributed by atoms with E-state index in [1.165, 1.54) is 0 Å². The van der Waals surface area contributed by atoms with Crippen molar-refractivity contribution in [3.63, 3.8) is 0 Å². The lowest BCUT2D eigenvalue weighted by Crippen LogP contribution is -2.35. The Balaban J connectivity index is 2.42. The van der Waals surface area contributed by atoms with E-state index in [4.69, 9.17) is 0 Å². The Morgan fingerprint density at radius 2 is 2.00 bits per heavy atom. The van der Waals surface area contributed by atoms with Crippen molar-refractivity contribution in [3.8, 4) is 0 Å². The zero-order valence-corrected chi connectivity index (χ0v) is 11.2. The SMILES string of the molecule is CCC[C@H](C)NC(=O)Nc1ccc(Br)cc1. The van der Waals surface area contributed by atoms with Crippen molar-refractivity contribution in [2.24, 2.45) is 0 Å². The summed E-state index contributed by atoms with van der Waals surface area (Å²) in [5.41, 5.74) is 0.796. The number of urea groups is 1. The number of hydrogen-bond donors (Lipinski definition) is 2. The average molecular weight is 285 g/mol. The highest BCUT2D eigenvalue weighted by Gasteiger charge is 2.05. The third-order valence-electron chi connectivity index (χ3n) is 2.20. The second-order valence-electron chi connectivity index (χ2n) is 3.80. The molecule has 0 saturated carbocycles. The summed E-state index contributed by atoms with van der Waals surface area (Å²) in [6.45, 7) is 4.11. The van der Waals surface area contributed by atoms with Gasteiger partial charge in [0.25, 0.3) is 0 Å². The minimum atomic E-state index is -0.150. The molecule has 0 heterocycles. The summed E-state index contributed by atoms with van der Waals surface area (Å²) in [6, 6.07) is 7.56. The number of carbonyl (C=O) groups is 1. The number of benzene rings is 1. The summed E-state index contributed by atoms with van der Waals surface area (Å²) in [6.07, 6.45) is 2.06.